The number of carbonyl (C=O) groups excluding carboxylic acids is 1. The molecule has 0 spiro atoms. The molecule has 0 saturated carbocycles. The minimum atomic E-state index is -0.735. The van der Waals surface area contributed by atoms with Gasteiger partial charge in [-0.3, -0.25) is 9.59 Å². The van der Waals surface area contributed by atoms with E-state index in [0.29, 0.717) is 23.0 Å². The molecule has 3 rings (SSSR count). The summed E-state index contributed by atoms with van der Waals surface area (Å²) in [5.74, 6) is -0.309. The van der Waals surface area contributed by atoms with Crippen molar-refractivity contribution in [3.63, 3.8) is 0 Å². The molecule has 0 radical (unpaired) electrons. The number of fused-ring (bicyclic) bond motifs is 1. The molecular formula is C17H15BrN4O2. The zero-order valence-corrected chi connectivity index (χ0v) is 14.5. The third-order valence-corrected chi connectivity index (χ3v) is 4.40. The molecule has 0 aliphatic rings. The molecule has 1 atom stereocenters. The number of nitrogens with zero attached hydrogens (tertiary/aromatic N) is 3. The van der Waals surface area contributed by atoms with Gasteiger partial charge in [-0.15, -0.1) is 5.10 Å². The molecule has 0 bridgehead atoms. The van der Waals surface area contributed by atoms with Crippen LogP contribution >= 0.6 is 15.9 Å². The molecule has 122 valence electrons. The number of halogens is 1. The summed E-state index contributed by atoms with van der Waals surface area (Å²) in [4.78, 5) is 25.2. The Kier molecular flexibility index (Phi) is 4.71. The van der Waals surface area contributed by atoms with Gasteiger partial charge < -0.3 is 5.32 Å². The largest absolute Gasteiger partial charge is 0.323 e. The van der Waals surface area contributed by atoms with Crippen LogP contribution in [0.2, 0.25) is 0 Å². The maximum absolute atomic E-state index is 12.6. The maximum atomic E-state index is 12.6. The SMILES string of the molecule is CCC(C(=O)Nc1ccccc1Br)n1nnc2ccccc2c1=O. The van der Waals surface area contributed by atoms with Gasteiger partial charge >= 0.3 is 0 Å². The summed E-state index contributed by atoms with van der Waals surface area (Å²) in [6.07, 6.45) is 0.420. The van der Waals surface area contributed by atoms with Crippen LogP contribution in [0.25, 0.3) is 10.9 Å². The average Bonchev–Trinajstić information content (AvgIpc) is 2.60. The first-order chi connectivity index (χ1) is 11.6. The first-order valence-electron chi connectivity index (χ1n) is 7.51. The molecule has 0 aliphatic heterocycles. The highest BCUT2D eigenvalue weighted by Gasteiger charge is 2.22. The predicted octanol–water partition coefficient (Wildman–Crippen LogP) is 3.14. The van der Waals surface area contributed by atoms with Crippen LogP contribution in [0.5, 0.6) is 0 Å². The molecule has 0 aliphatic carbocycles. The Morgan fingerprint density at radius 3 is 2.67 bits per heavy atom. The fourth-order valence-corrected chi connectivity index (χ4v) is 2.84. The highest BCUT2D eigenvalue weighted by atomic mass is 79.9. The molecule has 1 amide bonds. The second-order valence-electron chi connectivity index (χ2n) is 5.25. The summed E-state index contributed by atoms with van der Waals surface area (Å²) in [7, 11) is 0. The minimum absolute atomic E-state index is 0.309. The first kappa shape index (κ1) is 16.3. The van der Waals surface area contributed by atoms with Crippen LogP contribution in [0.4, 0.5) is 5.69 Å². The van der Waals surface area contributed by atoms with Crippen molar-refractivity contribution >= 4 is 38.4 Å². The van der Waals surface area contributed by atoms with E-state index in [1.807, 2.05) is 25.1 Å². The van der Waals surface area contributed by atoms with Gasteiger partial charge in [-0.05, 0) is 46.6 Å². The Hall–Kier alpha value is -2.54. The van der Waals surface area contributed by atoms with Gasteiger partial charge in [0.25, 0.3) is 5.56 Å². The lowest BCUT2D eigenvalue weighted by Gasteiger charge is -2.17. The van der Waals surface area contributed by atoms with Gasteiger partial charge in [0.05, 0.1) is 11.1 Å². The van der Waals surface area contributed by atoms with E-state index >= 15 is 0 Å². The van der Waals surface area contributed by atoms with Gasteiger partial charge in [0.2, 0.25) is 5.91 Å². The Bertz CT molecular complexity index is 954. The second kappa shape index (κ2) is 6.92. The Morgan fingerprint density at radius 1 is 1.21 bits per heavy atom. The first-order valence-corrected chi connectivity index (χ1v) is 8.30. The second-order valence-corrected chi connectivity index (χ2v) is 6.10. The highest BCUT2D eigenvalue weighted by molar-refractivity contribution is 9.10. The van der Waals surface area contributed by atoms with Crippen molar-refractivity contribution in [2.75, 3.05) is 5.32 Å². The van der Waals surface area contributed by atoms with E-state index in [1.165, 1.54) is 0 Å². The van der Waals surface area contributed by atoms with E-state index in [1.54, 1.807) is 30.3 Å². The molecule has 24 heavy (non-hydrogen) atoms. The van der Waals surface area contributed by atoms with Crippen molar-refractivity contribution in [1.29, 1.82) is 0 Å². The zero-order chi connectivity index (χ0) is 17.1. The van der Waals surface area contributed by atoms with E-state index < -0.39 is 6.04 Å². The number of hydrogen-bond donors (Lipinski definition) is 1. The standard InChI is InChI=1S/C17H15BrN4O2/c1-2-15(16(23)19-14-10-6-4-8-12(14)18)22-17(24)11-7-3-5-9-13(11)20-21-22/h3-10,15H,2H2,1H3,(H,19,23). The van der Waals surface area contributed by atoms with Gasteiger partial charge in [0, 0.05) is 4.47 Å². The van der Waals surface area contributed by atoms with Crippen molar-refractivity contribution in [1.82, 2.24) is 15.0 Å². The van der Waals surface area contributed by atoms with Crippen molar-refractivity contribution in [3.05, 3.63) is 63.4 Å². The zero-order valence-electron chi connectivity index (χ0n) is 12.9. The number of para-hydroxylation sites is 1. The van der Waals surface area contributed by atoms with Crippen molar-refractivity contribution in [2.24, 2.45) is 0 Å². The summed E-state index contributed by atoms with van der Waals surface area (Å²) in [5.41, 5.74) is 0.831. The minimum Gasteiger partial charge on any atom is -0.323 e. The monoisotopic (exact) mass is 386 g/mol. The van der Waals surface area contributed by atoms with E-state index in [4.69, 9.17) is 0 Å². The number of benzene rings is 2. The Labute approximate surface area is 146 Å². The van der Waals surface area contributed by atoms with Crippen molar-refractivity contribution < 1.29 is 4.79 Å². The lowest BCUT2D eigenvalue weighted by Crippen LogP contribution is -2.35. The van der Waals surface area contributed by atoms with Crippen LogP contribution in [0.1, 0.15) is 19.4 Å². The molecule has 3 aromatic rings. The molecule has 1 N–H and O–H groups in total. The number of nitrogens with one attached hydrogen (secondary N) is 1. The normalized spacial score (nSPS) is 12.1. The molecule has 1 aromatic heterocycles. The molecule has 1 heterocycles. The summed E-state index contributed by atoms with van der Waals surface area (Å²) in [6.45, 7) is 1.83. The van der Waals surface area contributed by atoms with Gasteiger partial charge in [-0.2, -0.15) is 4.68 Å². The summed E-state index contributed by atoms with van der Waals surface area (Å²) < 4.78 is 1.92. The van der Waals surface area contributed by atoms with Gasteiger partial charge in [-0.1, -0.05) is 36.4 Å². The van der Waals surface area contributed by atoms with Crippen LogP contribution < -0.4 is 10.9 Å². The van der Waals surface area contributed by atoms with E-state index in [-0.39, 0.29) is 11.5 Å². The van der Waals surface area contributed by atoms with Gasteiger partial charge in [-0.25, -0.2) is 0 Å². The number of carbonyl (C=O) groups is 1. The molecular weight excluding hydrogens is 372 g/mol. The smallest absolute Gasteiger partial charge is 0.278 e. The van der Waals surface area contributed by atoms with Crippen molar-refractivity contribution in [2.45, 2.75) is 19.4 Å². The molecule has 7 heteroatoms. The van der Waals surface area contributed by atoms with E-state index in [0.717, 1.165) is 9.15 Å². The molecule has 2 aromatic carbocycles. The average molecular weight is 387 g/mol. The highest BCUT2D eigenvalue weighted by Crippen LogP contribution is 2.22. The van der Waals surface area contributed by atoms with Crippen molar-refractivity contribution in [3.8, 4) is 0 Å². The number of anilines is 1. The molecule has 0 fully saturated rings. The number of rotatable bonds is 4. The third kappa shape index (κ3) is 3.07. The third-order valence-electron chi connectivity index (χ3n) is 3.71. The van der Waals surface area contributed by atoms with Crippen LogP contribution in [-0.4, -0.2) is 20.9 Å². The lowest BCUT2D eigenvalue weighted by atomic mass is 10.2. The fourth-order valence-electron chi connectivity index (χ4n) is 2.45. The fraction of sp³-hybridized carbons (Fsp3) is 0.176. The summed E-state index contributed by atoms with van der Waals surface area (Å²) in [5, 5.41) is 11.3. The van der Waals surface area contributed by atoms with Crippen LogP contribution in [0.3, 0.4) is 0 Å². The summed E-state index contributed by atoms with van der Waals surface area (Å²) >= 11 is 3.39. The number of hydrogen-bond acceptors (Lipinski definition) is 4. The quantitative estimate of drug-likeness (QED) is 0.746. The van der Waals surface area contributed by atoms with Crippen LogP contribution in [0, 0.1) is 0 Å². The topological polar surface area (TPSA) is 76.9 Å². The predicted molar refractivity (Wildman–Crippen MR) is 95.9 cm³/mol. The van der Waals surface area contributed by atoms with Gasteiger partial charge in [0.1, 0.15) is 11.6 Å². The van der Waals surface area contributed by atoms with Gasteiger partial charge in [0.15, 0.2) is 0 Å². The lowest BCUT2D eigenvalue weighted by molar-refractivity contribution is -0.119. The Morgan fingerprint density at radius 2 is 1.92 bits per heavy atom. The van der Waals surface area contributed by atoms with Crippen LogP contribution in [0.15, 0.2) is 57.8 Å². The number of amides is 1. The maximum Gasteiger partial charge on any atom is 0.278 e. The Balaban J connectivity index is 1.97. The molecule has 6 nitrogen and oxygen atoms in total. The number of aromatic nitrogens is 3. The van der Waals surface area contributed by atoms with E-state index in [2.05, 4.69) is 31.6 Å². The molecule has 0 saturated heterocycles. The van der Waals surface area contributed by atoms with E-state index in [9.17, 15) is 9.59 Å². The van der Waals surface area contributed by atoms with Crippen LogP contribution in [-0.2, 0) is 4.79 Å². The molecule has 1 unspecified atom stereocenters. The summed E-state index contributed by atoms with van der Waals surface area (Å²) in [6, 6.07) is 13.5.